The van der Waals surface area contributed by atoms with Gasteiger partial charge in [0.2, 0.25) is 5.91 Å². The summed E-state index contributed by atoms with van der Waals surface area (Å²) in [6.45, 7) is 4.80. The van der Waals surface area contributed by atoms with Crippen molar-refractivity contribution < 1.29 is 9.53 Å². The van der Waals surface area contributed by atoms with Crippen LogP contribution >= 0.6 is 0 Å². The average molecular weight is 391 g/mol. The highest BCUT2D eigenvalue weighted by molar-refractivity contribution is 5.80. The molecule has 0 N–H and O–H groups in total. The fourth-order valence-corrected chi connectivity index (χ4v) is 4.42. The monoisotopic (exact) mass is 391 g/mol. The quantitative estimate of drug-likeness (QED) is 0.686. The molecule has 4 heterocycles. The van der Waals surface area contributed by atoms with Gasteiger partial charge in [0.15, 0.2) is 0 Å². The van der Waals surface area contributed by atoms with Crippen LogP contribution in [-0.2, 0) is 29.0 Å². The Kier molecular flexibility index (Phi) is 4.67. The minimum absolute atomic E-state index is 0.143. The first kappa shape index (κ1) is 18.1. The number of aromatic nitrogens is 4. The predicted molar refractivity (Wildman–Crippen MR) is 107 cm³/mol. The number of fused-ring (bicyclic) bond motifs is 1. The number of aryl methyl sites for hydroxylation is 1. The molecule has 0 bridgehead atoms. The maximum absolute atomic E-state index is 13.3. The lowest BCUT2D eigenvalue weighted by atomic mass is 9.94. The molecule has 5 rings (SSSR count). The molecule has 150 valence electrons. The zero-order valence-electron chi connectivity index (χ0n) is 16.6. The number of hydrogen-bond donors (Lipinski definition) is 0. The lowest BCUT2D eigenvalue weighted by Gasteiger charge is -2.31. The van der Waals surface area contributed by atoms with E-state index < -0.39 is 0 Å². The second-order valence-electron chi connectivity index (χ2n) is 7.69. The van der Waals surface area contributed by atoms with E-state index in [9.17, 15) is 4.79 Å². The Morgan fingerprint density at radius 3 is 2.86 bits per heavy atom. The molecule has 7 heteroatoms. The summed E-state index contributed by atoms with van der Waals surface area (Å²) in [5, 5.41) is 8.92. The Morgan fingerprint density at radius 1 is 1.21 bits per heavy atom. The van der Waals surface area contributed by atoms with Gasteiger partial charge >= 0.3 is 0 Å². The van der Waals surface area contributed by atoms with Gasteiger partial charge in [0.05, 0.1) is 35.8 Å². The van der Waals surface area contributed by atoms with Crippen molar-refractivity contribution in [1.82, 2.24) is 24.5 Å². The average Bonchev–Trinajstić information content (AvgIpc) is 3.52. The standard InChI is InChI=1S/C22H25N5O2/c1-2-26-15-17(13-23-26)21-19(9-11-29-21)22(28)25-10-8-20-16(14-25)12-24-27(20)18-6-4-3-5-7-18/h3-7,12-13,15,19,21H,2,8-11,14H2,1H3/t19-,21+/m0/s1. The van der Waals surface area contributed by atoms with Crippen LogP contribution in [0, 0.1) is 5.92 Å². The number of rotatable bonds is 4. The van der Waals surface area contributed by atoms with Crippen molar-refractivity contribution in [1.29, 1.82) is 0 Å². The molecule has 3 aromatic rings. The van der Waals surface area contributed by atoms with Crippen molar-refractivity contribution in [2.45, 2.75) is 39.0 Å². The van der Waals surface area contributed by atoms with Crippen molar-refractivity contribution in [2.24, 2.45) is 5.92 Å². The molecule has 0 saturated carbocycles. The summed E-state index contributed by atoms with van der Waals surface area (Å²) < 4.78 is 9.81. The highest BCUT2D eigenvalue weighted by Crippen LogP contribution is 2.36. The molecule has 0 unspecified atom stereocenters. The molecule has 2 aliphatic rings. The van der Waals surface area contributed by atoms with Crippen LogP contribution in [0.5, 0.6) is 0 Å². The first-order valence-corrected chi connectivity index (χ1v) is 10.3. The number of para-hydroxylation sites is 1. The van der Waals surface area contributed by atoms with Crippen molar-refractivity contribution in [3.05, 3.63) is 65.7 Å². The summed E-state index contributed by atoms with van der Waals surface area (Å²) >= 11 is 0. The molecule has 0 radical (unpaired) electrons. The van der Waals surface area contributed by atoms with Gasteiger partial charge < -0.3 is 9.64 Å². The second-order valence-corrected chi connectivity index (χ2v) is 7.69. The van der Waals surface area contributed by atoms with E-state index in [1.807, 2.05) is 51.1 Å². The smallest absolute Gasteiger partial charge is 0.229 e. The minimum atomic E-state index is -0.198. The molecule has 1 saturated heterocycles. The third kappa shape index (κ3) is 3.25. The number of benzene rings is 1. The number of nitrogens with zero attached hydrogens (tertiary/aromatic N) is 5. The number of ether oxygens (including phenoxy) is 1. The van der Waals surface area contributed by atoms with E-state index in [-0.39, 0.29) is 17.9 Å². The Hall–Kier alpha value is -2.93. The summed E-state index contributed by atoms with van der Waals surface area (Å²) in [5.74, 6) is 0.0325. The Labute approximate surface area is 169 Å². The molecular weight excluding hydrogens is 366 g/mol. The number of hydrogen-bond acceptors (Lipinski definition) is 4. The van der Waals surface area contributed by atoms with E-state index >= 15 is 0 Å². The first-order valence-electron chi connectivity index (χ1n) is 10.3. The van der Waals surface area contributed by atoms with Crippen molar-refractivity contribution in [3.63, 3.8) is 0 Å². The summed E-state index contributed by atoms with van der Waals surface area (Å²) in [6.07, 6.45) is 7.09. The normalized spacial score (nSPS) is 21.3. The molecule has 2 aliphatic heterocycles. The van der Waals surface area contributed by atoms with Gasteiger partial charge in [0.1, 0.15) is 0 Å². The van der Waals surface area contributed by atoms with E-state index in [1.54, 1.807) is 0 Å². The van der Waals surface area contributed by atoms with E-state index in [2.05, 4.69) is 29.3 Å². The third-order valence-corrected chi connectivity index (χ3v) is 5.96. The van der Waals surface area contributed by atoms with Crippen LogP contribution in [0.2, 0.25) is 0 Å². The summed E-state index contributed by atoms with van der Waals surface area (Å²) in [4.78, 5) is 15.3. The number of carbonyl (C=O) groups excluding carboxylic acids is 1. The van der Waals surface area contributed by atoms with Gasteiger partial charge in [-0.25, -0.2) is 4.68 Å². The fourth-order valence-electron chi connectivity index (χ4n) is 4.42. The van der Waals surface area contributed by atoms with Gasteiger partial charge in [-0.2, -0.15) is 10.2 Å². The highest BCUT2D eigenvalue weighted by Gasteiger charge is 2.39. The van der Waals surface area contributed by atoms with Gasteiger partial charge in [-0.3, -0.25) is 9.48 Å². The highest BCUT2D eigenvalue weighted by atomic mass is 16.5. The summed E-state index contributed by atoms with van der Waals surface area (Å²) in [5.41, 5.74) is 4.38. The van der Waals surface area contributed by atoms with Crippen LogP contribution in [0.1, 0.15) is 36.3 Å². The van der Waals surface area contributed by atoms with Crippen LogP contribution in [0.25, 0.3) is 5.69 Å². The molecule has 1 amide bonds. The molecule has 7 nitrogen and oxygen atoms in total. The summed E-state index contributed by atoms with van der Waals surface area (Å²) in [7, 11) is 0. The molecule has 2 atom stereocenters. The third-order valence-electron chi connectivity index (χ3n) is 5.96. The van der Waals surface area contributed by atoms with Crippen molar-refractivity contribution in [3.8, 4) is 5.69 Å². The van der Waals surface area contributed by atoms with E-state index in [0.717, 1.165) is 36.2 Å². The molecule has 0 spiro atoms. The Bertz CT molecular complexity index is 1010. The minimum Gasteiger partial charge on any atom is -0.373 e. The second kappa shape index (κ2) is 7.48. The van der Waals surface area contributed by atoms with Gasteiger partial charge in [-0.15, -0.1) is 0 Å². The Balaban J connectivity index is 1.34. The van der Waals surface area contributed by atoms with Crippen LogP contribution in [-0.4, -0.2) is 43.5 Å². The molecule has 29 heavy (non-hydrogen) atoms. The Morgan fingerprint density at radius 2 is 2.07 bits per heavy atom. The van der Waals surface area contributed by atoms with Crippen LogP contribution in [0.3, 0.4) is 0 Å². The molecule has 1 fully saturated rings. The lowest BCUT2D eigenvalue weighted by molar-refractivity contribution is -0.138. The van der Waals surface area contributed by atoms with Gasteiger partial charge in [0.25, 0.3) is 0 Å². The van der Waals surface area contributed by atoms with E-state index in [1.165, 1.54) is 5.69 Å². The largest absolute Gasteiger partial charge is 0.373 e. The fraction of sp³-hybridized carbons (Fsp3) is 0.409. The van der Waals surface area contributed by atoms with Crippen molar-refractivity contribution in [2.75, 3.05) is 13.2 Å². The van der Waals surface area contributed by atoms with Crippen molar-refractivity contribution >= 4 is 5.91 Å². The summed E-state index contributed by atoms with van der Waals surface area (Å²) in [6, 6.07) is 10.2. The van der Waals surface area contributed by atoms with Crippen LogP contribution in [0.4, 0.5) is 0 Å². The lowest BCUT2D eigenvalue weighted by Crippen LogP contribution is -2.40. The molecule has 2 aromatic heterocycles. The van der Waals surface area contributed by atoms with E-state index in [0.29, 0.717) is 19.7 Å². The predicted octanol–water partition coefficient (Wildman–Crippen LogP) is 2.75. The van der Waals surface area contributed by atoms with Gasteiger partial charge in [0, 0.05) is 50.0 Å². The zero-order chi connectivity index (χ0) is 19.8. The van der Waals surface area contributed by atoms with Gasteiger partial charge in [-0.1, -0.05) is 18.2 Å². The maximum Gasteiger partial charge on any atom is 0.229 e. The van der Waals surface area contributed by atoms with Crippen LogP contribution in [0.15, 0.2) is 48.9 Å². The van der Waals surface area contributed by atoms with Crippen LogP contribution < -0.4 is 0 Å². The molecule has 1 aromatic carbocycles. The molecule has 0 aliphatic carbocycles. The maximum atomic E-state index is 13.3. The van der Waals surface area contributed by atoms with Gasteiger partial charge in [-0.05, 0) is 25.5 Å². The topological polar surface area (TPSA) is 65.2 Å². The first-order chi connectivity index (χ1) is 14.2. The SMILES string of the molecule is CCn1cc([C@H]2OCC[C@@H]2C(=O)N2CCc3c(cnn3-c3ccccc3)C2)cn1. The van der Waals surface area contributed by atoms with E-state index in [4.69, 9.17) is 4.74 Å². The number of carbonyl (C=O) groups is 1. The number of amides is 1. The zero-order valence-corrected chi connectivity index (χ0v) is 16.6. The molecular formula is C22H25N5O2.